The number of aryl methyl sites for hydroxylation is 1. The van der Waals surface area contributed by atoms with Crippen molar-refractivity contribution in [3.63, 3.8) is 0 Å². The highest BCUT2D eigenvalue weighted by atomic mass is 16.5. The fourth-order valence-corrected chi connectivity index (χ4v) is 2.54. The highest BCUT2D eigenvalue weighted by molar-refractivity contribution is 5.80. The lowest BCUT2D eigenvalue weighted by molar-refractivity contribution is -0.158. The summed E-state index contributed by atoms with van der Waals surface area (Å²) >= 11 is 0. The molecule has 0 spiro atoms. The van der Waals surface area contributed by atoms with E-state index in [1.807, 2.05) is 54.6 Å². The van der Waals surface area contributed by atoms with E-state index in [0.29, 0.717) is 24.2 Å². The minimum atomic E-state index is -1.27. The SMILES string of the molecule is O=C(O)C1(c2ccccc2)CCc2ccccc2O1. The molecule has 3 heteroatoms. The molecule has 96 valence electrons. The molecule has 3 rings (SSSR count). The van der Waals surface area contributed by atoms with Crippen LogP contribution in [-0.4, -0.2) is 11.1 Å². The Balaban J connectivity index is 2.08. The quantitative estimate of drug-likeness (QED) is 0.896. The zero-order valence-corrected chi connectivity index (χ0v) is 10.4. The minimum Gasteiger partial charge on any atom is -0.478 e. The van der Waals surface area contributed by atoms with Gasteiger partial charge in [0, 0.05) is 12.0 Å². The molecule has 0 aliphatic carbocycles. The van der Waals surface area contributed by atoms with Gasteiger partial charge in [0.15, 0.2) is 0 Å². The number of hydrogen-bond donors (Lipinski definition) is 1. The molecule has 0 fully saturated rings. The minimum absolute atomic E-state index is 0.448. The fraction of sp³-hybridized carbons (Fsp3) is 0.188. The van der Waals surface area contributed by atoms with E-state index in [4.69, 9.17) is 4.74 Å². The van der Waals surface area contributed by atoms with Gasteiger partial charge in [-0.15, -0.1) is 0 Å². The summed E-state index contributed by atoms with van der Waals surface area (Å²) < 4.78 is 5.87. The molecule has 0 saturated carbocycles. The van der Waals surface area contributed by atoms with Crippen molar-refractivity contribution in [2.24, 2.45) is 0 Å². The third-order valence-corrected chi connectivity index (χ3v) is 3.59. The largest absolute Gasteiger partial charge is 0.478 e. The summed E-state index contributed by atoms with van der Waals surface area (Å²) in [5.74, 6) is -0.270. The maximum absolute atomic E-state index is 11.8. The molecule has 0 radical (unpaired) electrons. The number of hydrogen-bond acceptors (Lipinski definition) is 2. The number of benzene rings is 2. The van der Waals surface area contributed by atoms with Crippen molar-refractivity contribution in [1.82, 2.24) is 0 Å². The van der Waals surface area contributed by atoms with Gasteiger partial charge in [-0.05, 0) is 18.1 Å². The summed E-state index contributed by atoms with van der Waals surface area (Å²) in [4.78, 5) is 11.8. The average molecular weight is 254 g/mol. The summed E-state index contributed by atoms with van der Waals surface area (Å²) in [7, 11) is 0. The zero-order chi connectivity index (χ0) is 13.3. The van der Waals surface area contributed by atoms with Crippen LogP contribution in [0.5, 0.6) is 5.75 Å². The summed E-state index contributed by atoms with van der Waals surface area (Å²) in [6, 6.07) is 16.8. The number of carbonyl (C=O) groups is 1. The van der Waals surface area contributed by atoms with Gasteiger partial charge in [0.05, 0.1) is 0 Å². The van der Waals surface area contributed by atoms with Gasteiger partial charge in [-0.25, -0.2) is 4.79 Å². The summed E-state index contributed by atoms with van der Waals surface area (Å²) in [5.41, 5.74) is 0.489. The van der Waals surface area contributed by atoms with Crippen molar-refractivity contribution in [2.45, 2.75) is 18.4 Å². The lowest BCUT2D eigenvalue weighted by atomic mass is 9.85. The standard InChI is InChI=1S/C16H14O3/c17-15(18)16(13-7-2-1-3-8-13)11-10-12-6-4-5-9-14(12)19-16/h1-9H,10-11H2,(H,17,18). The highest BCUT2D eigenvalue weighted by Gasteiger charge is 2.45. The smallest absolute Gasteiger partial charge is 0.352 e. The van der Waals surface area contributed by atoms with Crippen molar-refractivity contribution in [1.29, 1.82) is 0 Å². The second kappa shape index (κ2) is 4.43. The molecule has 3 nitrogen and oxygen atoms in total. The van der Waals surface area contributed by atoms with Crippen LogP contribution in [0.3, 0.4) is 0 Å². The van der Waals surface area contributed by atoms with E-state index in [9.17, 15) is 9.90 Å². The lowest BCUT2D eigenvalue weighted by Gasteiger charge is -2.35. The van der Waals surface area contributed by atoms with E-state index in [-0.39, 0.29) is 0 Å². The molecule has 0 bridgehead atoms. The van der Waals surface area contributed by atoms with Crippen LogP contribution in [0.2, 0.25) is 0 Å². The number of carboxylic acid groups (broad SMARTS) is 1. The first-order chi connectivity index (χ1) is 9.22. The molecule has 0 aromatic heterocycles. The van der Waals surface area contributed by atoms with Crippen LogP contribution in [0.4, 0.5) is 0 Å². The monoisotopic (exact) mass is 254 g/mol. The van der Waals surface area contributed by atoms with Gasteiger partial charge < -0.3 is 9.84 Å². The van der Waals surface area contributed by atoms with Crippen LogP contribution in [0.1, 0.15) is 17.5 Å². The van der Waals surface area contributed by atoms with Gasteiger partial charge in [0.25, 0.3) is 0 Å². The molecule has 0 saturated heterocycles. The van der Waals surface area contributed by atoms with Gasteiger partial charge in [-0.3, -0.25) is 0 Å². The predicted octanol–water partition coefficient (Wildman–Crippen LogP) is 2.99. The molecule has 0 amide bonds. The topological polar surface area (TPSA) is 46.5 Å². The van der Waals surface area contributed by atoms with Gasteiger partial charge in [0.2, 0.25) is 5.60 Å². The number of para-hydroxylation sites is 1. The predicted molar refractivity (Wildman–Crippen MR) is 71.1 cm³/mol. The molecule has 2 aromatic carbocycles. The molecule has 1 unspecified atom stereocenters. The van der Waals surface area contributed by atoms with Crippen LogP contribution in [0.15, 0.2) is 54.6 Å². The van der Waals surface area contributed by atoms with Crippen molar-refractivity contribution >= 4 is 5.97 Å². The molecular weight excluding hydrogens is 240 g/mol. The van der Waals surface area contributed by atoms with E-state index < -0.39 is 11.6 Å². The van der Waals surface area contributed by atoms with Crippen molar-refractivity contribution < 1.29 is 14.6 Å². The lowest BCUT2D eigenvalue weighted by Crippen LogP contribution is -2.44. The summed E-state index contributed by atoms with van der Waals surface area (Å²) in [6.07, 6.45) is 1.15. The second-order valence-electron chi connectivity index (χ2n) is 4.71. The third-order valence-electron chi connectivity index (χ3n) is 3.59. The molecule has 2 aromatic rings. The van der Waals surface area contributed by atoms with Gasteiger partial charge in [-0.2, -0.15) is 0 Å². The maximum Gasteiger partial charge on any atom is 0.352 e. The van der Waals surface area contributed by atoms with E-state index in [1.54, 1.807) is 0 Å². The molecule has 1 heterocycles. The molecule has 1 aliphatic rings. The van der Waals surface area contributed by atoms with Crippen LogP contribution >= 0.6 is 0 Å². The number of ether oxygens (including phenoxy) is 1. The van der Waals surface area contributed by atoms with Crippen molar-refractivity contribution in [3.8, 4) is 5.75 Å². The van der Waals surface area contributed by atoms with Crippen LogP contribution in [-0.2, 0) is 16.8 Å². The summed E-state index contributed by atoms with van der Waals surface area (Å²) in [5, 5.41) is 9.64. The van der Waals surface area contributed by atoms with Crippen LogP contribution in [0, 0.1) is 0 Å². The average Bonchev–Trinajstić information content (AvgIpc) is 2.47. The Morgan fingerprint density at radius 3 is 2.47 bits per heavy atom. The molecule has 19 heavy (non-hydrogen) atoms. The third kappa shape index (κ3) is 1.87. The van der Waals surface area contributed by atoms with Crippen molar-refractivity contribution in [3.05, 3.63) is 65.7 Å². The number of carboxylic acids is 1. The Hall–Kier alpha value is -2.29. The van der Waals surface area contributed by atoms with E-state index >= 15 is 0 Å². The van der Waals surface area contributed by atoms with Gasteiger partial charge >= 0.3 is 5.97 Å². The Kier molecular flexibility index (Phi) is 2.75. The highest BCUT2D eigenvalue weighted by Crippen LogP contribution is 2.39. The molecule has 1 N–H and O–H groups in total. The van der Waals surface area contributed by atoms with E-state index in [2.05, 4.69) is 0 Å². The zero-order valence-electron chi connectivity index (χ0n) is 10.4. The van der Waals surface area contributed by atoms with Crippen molar-refractivity contribution in [2.75, 3.05) is 0 Å². The van der Waals surface area contributed by atoms with E-state index in [1.165, 1.54) is 0 Å². The summed E-state index contributed by atoms with van der Waals surface area (Å²) in [6.45, 7) is 0. The number of rotatable bonds is 2. The maximum atomic E-state index is 11.8. The molecule has 1 aliphatic heterocycles. The Labute approximate surface area is 111 Å². The molecular formula is C16H14O3. The first kappa shape index (κ1) is 11.8. The Morgan fingerprint density at radius 1 is 1.05 bits per heavy atom. The first-order valence-corrected chi connectivity index (χ1v) is 6.28. The van der Waals surface area contributed by atoms with E-state index in [0.717, 1.165) is 5.56 Å². The second-order valence-corrected chi connectivity index (χ2v) is 4.71. The van der Waals surface area contributed by atoms with Gasteiger partial charge in [0.1, 0.15) is 5.75 Å². The van der Waals surface area contributed by atoms with Crippen LogP contribution < -0.4 is 4.74 Å². The normalized spacial score (nSPS) is 21.3. The number of fused-ring (bicyclic) bond motifs is 1. The molecule has 1 atom stereocenters. The van der Waals surface area contributed by atoms with Gasteiger partial charge in [-0.1, -0.05) is 48.5 Å². The Bertz CT molecular complexity index is 606. The first-order valence-electron chi connectivity index (χ1n) is 6.28. The number of aliphatic carboxylic acids is 1. The Morgan fingerprint density at radius 2 is 1.74 bits per heavy atom. The fourth-order valence-electron chi connectivity index (χ4n) is 2.54. The van der Waals surface area contributed by atoms with Crippen LogP contribution in [0.25, 0.3) is 0 Å².